The molecule has 1 aliphatic heterocycles. The van der Waals surface area contributed by atoms with E-state index in [9.17, 15) is 18.0 Å². The number of carbonyl (C=O) groups excluding carboxylic acids is 2. The van der Waals surface area contributed by atoms with Gasteiger partial charge >= 0.3 is 5.97 Å². The quantitative estimate of drug-likeness (QED) is 0.205. The molecule has 1 saturated heterocycles. The molecule has 0 radical (unpaired) electrons. The zero-order valence-electron chi connectivity index (χ0n) is 20.1. The van der Waals surface area contributed by atoms with Crippen LogP contribution in [0.1, 0.15) is 12.5 Å². The maximum Gasteiger partial charge on any atom is 0.308 e. The number of nitrogens with zero attached hydrogens (tertiary/aromatic N) is 3. The lowest BCUT2D eigenvalue weighted by Gasteiger charge is -2.33. The molecule has 194 valence electrons. The first-order valence-corrected chi connectivity index (χ1v) is 13.1. The molecule has 0 atom stereocenters. The number of hydrazone groups is 1. The van der Waals surface area contributed by atoms with Gasteiger partial charge in [-0.15, -0.1) is 0 Å². The van der Waals surface area contributed by atoms with Crippen molar-refractivity contribution in [3.8, 4) is 17.2 Å². The van der Waals surface area contributed by atoms with Gasteiger partial charge in [-0.2, -0.15) is 9.41 Å². The zero-order valence-corrected chi connectivity index (χ0v) is 22.5. The molecule has 0 saturated carbocycles. The average molecular weight is 583 g/mol. The van der Waals surface area contributed by atoms with Gasteiger partial charge in [0, 0.05) is 43.1 Å². The van der Waals surface area contributed by atoms with E-state index in [-0.39, 0.29) is 47.7 Å². The number of methoxy groups -OCH3 is 2. The first kappa shape index (κ1) is 27.6. The fourth-order valence-electron chi connectivity index (χ4n) is 3.52. The van der Waals surface area contributed by atoms with Gasteiger partial charge in [0.1, 0.15) is 0 Å². The number of esters is 1. The van der Waals surface area contributed by atoms with E-state index in [0.717, 1.165) is 4.47 Å². The maximum atomic E-state index is 12.8. The number of rotatable bonds is 9. The van der Waals surface area contributed by atoms with Crippen LogP contribution in [0.15, 0.2) is 50.9 Å². The van der Waals surface area contributed by atoms with Crippen molar-refractivity contribution in [3.63, 3.8) is 0 Å². The Labute approximate surface area is 218 Å². The van der Waals surface area contributed by atoms with Crippen LogP contribution in [0, 0.1) is 0 Å². The summed E-state index contributed by atoms with van der Waals surface area (Å²) in [4.78, 5) is 25.8. The number of piperazine rings is 1. The van der Waals surface area contributed by atoms with Gasteiger partial charge in [-0.05, 0) is 36.4 Å². The van der Waals surface area contributed by atoms with E-state index in [4.69, 9.17) is 14.2 Å². The van der Waals surface area contributed by atoms with Gasteiger partial charge < -0.3 is 14.2 Å². The monoisotopic (exact) mass is 582 g/mol. The van der Waals surface area contributed by atoms with E-state index < -0.39 is 16.0 Å². The fourth-order valence-corrected chi connectivity index (χ4v) is 5.21. The normalized spacial score (nSPS) is 15.0. The second-order valence-corrected chi connectivity index (χ2v) is 10.6. The highest BCUT2D eigenvalue weighted by atomic mass is 79.9. The van der Waals surface area contributed by atoms with Gasteiger partial charge in [0.05, 0.1) is 31.9 Å². The summed E-state index contributed by atoms with van der Waals surface area (Å²) in [5, 5.41) is 3.97. The fraction of sp³-hybridized carbons (Fsp3) is 0.348. The summed E-state index contributed by atoms with van der Waals surface area (Å²) in [6, 6.07) is 9.67. The van der Waals surface area contributed by atoms with E-state index in [1.807, 2.05) is 4.90 Å². The third-order valence-electron chi connectivity index (χ3n) is 5.28. The van der Waals surface area contributed by atoms with Crippen molar-refractivity contribution in [2.75, 3.05) is 46.9 Å². The Morgan fingerprint density at radius 2 is 1.64 bits per heavy atom. The highest BCUT2D eigenvalue weighted by Gasteiger charge is 2.29. The molecular weight excluding hydrogens is 556 g/mol. The van der Waals surface area contributed by atoms with Crippen LogP contribution in [0.2, 0.25) is 0 Å². The zero-order chi connectivity index (χ0) is 26.3. The van der Waals surface area contributed by atoms with Crippen molar-refractivity contribution in [2.24, 2.45) is 5.10 Å². The molecule has 1 aliphatic rings. The minimum Gasteiger partial charge on any atom is -0.493 e. The number of hydrogen-bond acceptors (Lipinski definition) is 9. The molecule has 0 bridgehead atoms. The van der Waals surface area contributed by atoms with Crippen molar-refractivity contribution in [1.82, 2.24) is 14.6 Å². The third-order valence-corrected chi connectivity index (χ3v) is 7.72. The Kier molecular flexibility index (Phi) is 9.43. The van der Waals surface area contributed by atoms with E-state index in [1.165, 1.54) is 31.7 Å². The molecule has 3 rings (SSSR count). The van der Waals surface area contributed by atoms with Crippen LogP contribution in [0.4, 0.5) is 0 Å². The summed E-state index contributed by atoms with van der Waals surface area (Å²) in [6.45, 7) is 2.73. The molecule has 0 aliphatic carbocycles. The molecule has 0 spiro atoms. The summed E-state index contributed by atoms with van der Waals surface area (Å²) in [6.07, 6.45) is 1.41. The molecule has 1 fully saturated rings. The predicted molar refractivity (Wildman–Crippen MR) is 136 cm³/mol. The van der Waals surface area contributed by atoms with E-state index in [1.54, 1.807) is 36.4 Å². The molecule has 1 heterocycles. The van der Waals surface area contributed by atoms with Crippen LogP contribution in [-0.2, 0) is 19.6 Å². The minimum absolute atomic E-state index is 0.0710. The van der Waals surface area contributed by atoms with Crippen LogP contribution < -0.4 is 19.6 Å². The number of halogens is 1. The second kappa shape index (κ2) is 12.3. The molecule has 2 aromatic rings. The van der Waals surface area contributed by atoms with Gasteiger partial charge in [0.25, 0.3) is 5.91 Å². The van der Waals surface area contributed by atoms with Gasteiger partial charge in [0.15, 0.2) is 11.5 Å². The van der Waals surface area contributed by atoms with Crippen LogP contribution in [-0.4, -0.2) is 82.7 Å². The second-order valence-electron chi connectivity index (χ2n) is 7.78. The predicted octanol–water partition coefficient (Wildman–Crippen LogP) is 1.85. The summed E-state index contributed by atoms with van der Waals surface area (Å²) >= 11 is 3.30. The first-order valence-electron chi connectivity index (χ1n) is 10.9. The Bertz CT molecular complexity index is 1200. The smallest absolute Gasteiger partial charge is 0.308 e. The topological polar surface area (TPSA) is 127 Å². The van der Waals surface area contributed by atoms with Gasteiger partial charge in [-0.1, -0.05) is 15.9 Å². The molecule has 0 aromatic heterocycles. The highest BCUT2D eigenvalue weighted by molar-refractivity contribution is 9.10. The van der Waals surface area contributed by atoms with Crippen molar-refractivity contribution in [1.29, 1.82) is 0 Å². The summed E-state index contributed by atoms with van der Waals surface area (Å²) in [5.41, 5.74) is 3.01. The largest absolute Gasteiger partial charge is 0.493 e. The molecule has 11 nitrogen and oxygen atoms in total. The molecule has 1 N–H and O–H groups in total. The van der Waals surface area contributed by atoms with Crippen LogP contribution >= 0.6 is 15.9 Å². The maximum absolute atomic E-state index is 12.8. The van der Waals surface area contributed by atoms with E-state index in [2.05, 4.69) is 26.5 Å². The van der Waals surface area contributed by atoms with Crippen LogP contribution in [0.5, 0.6) is 17.2 Å². The Morgan fingerprint density at radius 3 is 2.17 bits per heavy atom. The Balaban J connectivity index is 1.54. The SMILES string of the molecule is COc1cc(C=NNC(=O)CN2CCN(S(=O)(=O)c3ccc(Br)cc3)CC2)cc(OC)c1OC(C)=O. The standard InChI is InChI=1S/C23H27BrN4O7S/c1-16(29)35-23-20(33-2)12-17(13-21(23)34-3)14-25-26-22(30)15-27-8-10-28(11-9-27)36(31,32)19-6-4-18(24)5-7-19/h4-7,12-14H,8-11,15H2,1-3H3,(H,26,30). The lowest BCUT2D eigenvalue weighted by molar-refractivity contribution is -0.132. The molecule has 36 heavy (non-hydrogen) atoms. The first-order chi connectivity index (χ1) is 17.1. The van der Waals surface area contributed by atoms with E-state index >= 15 is 0 Å². The molecule has 2 aromatic carbocycles. The molecule has 0 unspecified atom stereocenters. The number of nitrogens with one attached hydrogen (secondary N) is 1. The van der Waals surface area contributed by atoms with E-state index in [0.29, 0.717) is 18.7 Å². The molecular formula is C23H27BrN4O7S. The van der Waals surface area contributed by atoms with Gasteiger partial charge in [0.2, 0.25) is 15.8 Å². The number of hydrogen-bond donors (Lipinski definition) is 1. The highest BCUT2D eigenvalue weighted by Crippen LogP contribution is 2.38. The van der Waals surface area contributed by atoms with Crippen LogP contribution in [0.3, 0.4) is 0 Å². The molecule has 13 heteroatoms. The lowest BCUT2D eigenvalue weighted by atomic mass is 10.2. The van der Waals surface area contributed by atoms with Crippen molar-refractivity contribution in [2.45, 2.75) is 11.8 Å². The van der Waals surface area contributed by atoms with Crippen molar-refractivity contribution < 1.29 is 32.2 Å². The summed E-state index contributed by atoms with van der Waals surface area (Å²) in [5.74, 6) is -0.172. The summed E-state index contributed by atoms with van der Waals surface area (Å²) < 4.78 is 43.5. The number of ether oxygens (including phenoxy) is 3. The Hall–Kier alpha value is -3.00. The number of carbonyl (C=O) groups is 2. The average Bonchev–Trinajstić information content (AvgIpc) is 2.85. The summed E-state index contributed by atoms with van der Waals surface area (Å²) in [7, 11) is -0.733. The van der Waals surface area contributed by atoms with Crippen LogP contribution in [0.25, 0.3) is 0 Å². The number of sulfonamides is 1. The van der Waals surface area contributed by atoms with Gasteiger partial charge in [-0.3, -0.25) is 14.5 Å². The number of amides is 1. The van der Waals surface area contributed by atoms with Crippen molar-refractivity contribution in [3.05, 3.63) is 46.4 Å². The third kappa shape index (κ3) is 7.03. The van der Waals surface area contributed by atoms with Crippen molar-refractivity contribution >= 4 is 44.0 Å². The lowest BCUT2D eigenvalue weighted by Crippen LogP contribution is -2.50. The van der Waals surface area contributed by atoms with Gasteiger partial charge in [-0.25, -0.2) is 13.8 Å². The number of benzene rings is 2. The Morgan fingerprint density at radius 1 is 1.06 bits per heavy atom. The molecule has 1 amide bonds. The minimum atomic E-state index is -3.58.